The number of alkyl carbamates (subject to hydrolysis) is 1. The molecular weight excluding hydrogens is 436 g/mol. The number of carboxylic acid groups (broad SMARTS) is 1. The number of carbonyl (C=O) groups excluding carboxylic acids is 2. The molecule has 0 spiro atoms. The second-order valence-electron chi connectivity index (χ2n) is 9.23. The molecule has 2 aromatic rings. The molecule has 0 bridgehead atoms. The first-order valence-electron chi connectivity index (χ1n) is 11.8. The van der Waals surface area contributed by atoms with Crippen molar-refractivity contribution in [2.24, 2.45) is 5.92 Å². The van der Waals surface area contributed by atoms with Gasteiger partial charge in [0, 0.05) is 12.5 Å². The number of nitrogens with one attached hydrogen (secondary N) is 2. The first-order valence-corrected chi connectivity index (χ1v) is 11.8. The van der Waals surface area contributed by atoms with E-state index in [4.69, 9.17) is 9.47 Å². The van der Waals surface area contributed by atoms with Crippen molar-refractivity contribution in [1.82, 2.24) is 10.6 Å². The maximum atomic E-state index is 12.7. The monoisotopic (exact) mass is 464 g/mol. The van der Waals surface area contributed by atoms with Gasteiger partial charge in [0.1, 0.15) is 12.6 Å². The molecule has 2 fully saturated rings. The van der Waals surface area contributed by atoms with Gasteiger partial charge in [0.25, 0.3) is 5.91 Å². The van der Waals surface area contributed by atoms with Crippen molar-refractivity contribution >= 4 is 18.0 Å². The molecule has 2 aromatic carbocycles. The number of aliphatic carboxylic acids is 1. The van der Waals surface area contributed by atoms with E-state index in [1.807, 2.05) is 36.4 Å². The predicted octanol–water partition coefficient (Wildman–Crippen LogP) is 3.05. The molecule has 3 atom stereocenters. The number of hydrogen-bond acceptors (Lipinski definition) is 5. The Morgan fingerprint density at radius 1 is 1.00 bits per heavy atom. The van der Waals surface area contributed by atoms with Crippen LogP contribution in [0.4, 0.5) is 4.79 Å². The van der Waals surface area contributed by atoms with Crippen LogP contribution in [0.25, 0.3) is 11.1 Å². The predicted molar refractivity (Wildman–Crippen MR) is 123 cm³/mol. The van der Waals surface area contributed by atoms with Gasteiger partial charge in [-0.25, -0.2) is 9.59 Å². The molecular formula is C26H28N2O6. The number of carbonyl (C=O) groups is 3. The standard InChI is InChI=1S/C26H28N2O6/c29-24(27-22(25(30)31)13-15-9-10-15)23-21(11-12-33-23)28-26(32)34-14-20-18-7-3-1-5-16(18)17-6-2-4-8-19(17)20/h1-8,15,20-23H,9-14H2,(H,27,29)(H,28,32)(H,30,31)/t21-,22-,23+/m0/s1. The van der Waals surface area contributed by atoms with Gasteiger partial charge < -0.3 is 25.2 Å². The van der Waals surface area contributed by atoms with Gasteiger partial charge in [-0.1, -0.05) is 61.4 Å². The number of hydrogen-bond donors (Lipinski definition) is 3. The van der Waals surface area contributed by atoms with Gasteiger partial charge in [-0.2, -0.15) is 0 Å². The van der Waals surface area contributed by atoms with E-state index >= 15 is 0 Å². The number of carboxylic acids is 1. The van der Waals surface area contributed by atoms with E-state index < -0.39 is 36.2 Å². The van der Waals surface area contributed by atoms with E-state index in [1.165, 1.54) is 0 Å². The van der Waals surface area contributed by atoms with Crippen LogP contribution in [-0.2, 0) is 19.1 Å². The molecule has 2 amide bonds. The lowest BCUT2D eigenvalue weighted by Gasteiger charge is -2.22. The second kappa shape index (κ2) is 9.46. The molecule has 0 unspecified atom stereocenters. The van der Waals surface area contributed by atoms with Crippen molar-refractivity contribution < 1.29 is 29.0 Å². The molecule has 0 radical (unpaired) electrons. The summed E-state index contributed by atoms with van der Waals surface area (Å²) in [7, 11) is 0. The molecule has 178 valence electrons. The summed E-state index contributed by atoms with van der Waals surface area (Å²) in [5, 5.41) is 14.7. The molecule has 1 saturated carbocycles. The maximum Gasteiger partial charge on any atom is 0.407 e. The van der Waals surface area contributed by atoms with Crippen molar-refractivity contribution in [2.75, 3.05) is 13.2 Å². The highest BCUT2D eigenvalue weighted by molar-refractivity contribution is 5.87. The Kier molecular flexibility index (Phi) is 6.24. The van der Waals surface area contributed by atoms with E-state index in [2.05, 4.69) is 22.8 Å². The van der Waals surface area contributed by atoms with Crippen LogP contribution in [0.5, 0.6) is 0 Å². The van der Waals surface area contributed by atoms with Gasteiger partial charge in [-0.15, -0.1) is 0 Å². The van der Waals surface area contributed by atoms with Crippen LogP contribution < -0.4 is 10.6 Å². The van der Waals surface area contributed by atoms with E-state index in [-0.39, 0.29) is 12.5 Å². The molecule has 1 saturated heterocycles. The molecule has 8 heteroatoms. The average Bonchev–Trinajstić information content (AvgIpc) is 3.43. The summed E-state index contributed by atoms with van der Waals surface area (Å²) in [4.78, 5) is 36.8. The Morgan fingerprint density at radius 3 is 2.26 bits per heavy atom. The fourth-order valence-corrected chi connectivity index (χ4v) is 4.95. The van der Waals surface area contributed by atoms with Crippen LogP contribution in [0, 0.1) is 5.92 Å². The third kappa shape index (κ3) is 4.63. The van der Waals surface area contributed by atoms with Crippen LogP contribution in [0.3, 0.4) is 0 Å². The minimum atomic E-state index is -1.06. The second-order valence-corrected chi connectivity index (χ2v) is 9.23. The number of fused-ring (bicyclic) bond motifs is 3. The minimum absolute atomic E-state index is 0.0594. The van der Waals surface area contributed by atoms with Crippen LogP contribution in [0.1, 0.15) is 42.7 Å². The summed E-state index contributed by atoms with van der Waals surface area (Å²) in [5.74, 6) is -1.29. The van der Waals surface area contributed by atoms with Gasteiger partial charge in [-0.3, -0.25) is 4.79 Å². The lowest BCUT2D eigenvalue weighted by molar-refractivity contribution is -0.144. The van der Waals surface area contributed by atoms with E-state index in [1.54, 1.807) is 0 Å². The molecule has 1 aliphatic heterocycles. The van der Waals surface area contributed by atoms with Crippen LogP contribution in [-0.4, -0.2) is 54.5 Å². The average molecular weight is 465 g/mol. The van der Waals surface area contributed by atoms with Crippen molar-refractivity contribution in [3.63, 3.8) is 0 Å². The summed E-state index contributed by atoms with van der Waals surface area (Å²) < 4.78 is 11.1. The van der Waals surface area contributed by atoms with E-state index in [9.17, 15) is 19.5 Å². The molecule has 2 aliphatic carbocycles. The van der Waals surface area contributed by atoms with Gasteiger partial charge in [0.05, 0.1) is 6.04 Å². The molecule has 3 N–H and O–H groups in total. The maximum absolute atomic E-state index is 12.7. The summed E-state index contributed by atoms with van der Waals surface area (Å²) in [6.45, 7) is 0.472. The highest BCUT2D eigenvalue weighted by Gasteiger charge is 2.39. The number of benzene rings is 2. The lowest BCUT2D eigenvalue weighted by Crippen LogP contribution is -2.52. The Balaban J connectivity index is 1.18. The quantitative estimate of drug-likeness (QED) is 0.553. The Hall–Kier alpha value is -3.39. The number of amides is 2. The summed E-state index contributed by atoms with van der Waals surface area (Å²) in [6.07, 6.45) is 1.28. The fourth-order valence-electron chi connectivity index (χ4n) is 4.95. The summed E-state index contributed by atoms with van der Waals surface area (Å²) in [5.41, 5.74) is 4.53. The normalized spacial score (nSPS) is 21.9. The first-order chi connectivity index (χ1) is 16.5. The molecule has 1 heterocycles. The van der Waals surface area contributed by atoms with Crippen molar-refractivity contribution in [2.45, 2.75) is 49.8 Å². The third-order valence-corrected chi connectivity index (χ3v) is 6.88. The minimum Gasteiger partial charge on any atom is -0.480 e. The van der Waals surface area contributed by atoms with Gasteiger partial charge in [0.15, 0.2) is 6.10 Å². The molecule has 8 nitrogen and oxygen atoms in total. The first kappa shape index (κ1) is 22.4. The smallest absolute Gasteiger partial charge is 0.407 e. The van der Waals surface area contributed by atoms with E-state index in [0.717, 1.165) is 35.1 Å². The topological polar surface area (TPSA) is 114 Å². The van der Waals surface area contributed by atoms with Crippen LogP contribution >= 0.6 is 0 Å². The van der Waals surface area contributed by atoms with Gasteiger partial charge in [0.2, 0.25) is 0 Å². The van der Waals surface area contributed by atoms with Gasteiger partial charge in [-0.05, 0) is 41.0 Å². The highest BCUT2D eigenvalue weighted by Crippen LogP contribution is 2.44. The van der Waals surface area contributed by atoms with Gasteiger partial charge >= 0.3 is 12.1 Å². The largest absolute Gasteiger partial charge is 0.480 e. The number of ether oxygens (including phenoxy) is 2. The van der Waals surface area contributed by atoms with Crippen molar-refractivity contribution in [3.8, 4) is 11.1 Å². The number of rotatable bonds is 8. The molecule has 34 heavy (non-hydrogen) atoms. The Morgan fingerprint density at radius 2 is 1.65 bits per heavy atom. The zero-order valence-corrected chi connectivity index (χ0v) is 18.7. The van der Waals surface area contributed by atoms with Crippen molar-refractivity contribution in [3.05, 3.63) is 59.7 Å². The molecule has 0 aromatic heterocycles. The third-order valence-electron chi connectivity index (χ3n) is 6.88. The zero-order valence-electron chi connectivity index (χ0n) is 18.7. The zero-order chi connectivity index (χ0) is 23.7. The highest BCUT2D eigenvalue weighted by atomic mass is 16.6. The van der Waals surface area contributed by atoms with E-state index in [0.29, 0.717) is 25.4 Å². The Bertz CT molecular complexity index is 1050. The van der Waals surface area contributed by atoms with Crippen molar-refractivity contribution in [1.29, 1.82) is 0 Å². The van der Waals surface area contributed by atoms with Crippen LogP contribution in [0.2, 0.25) is 0 Å². The molecule has 3 aliphatic rings. The van der Waals surface area contributed by atoms with Crippen LogP contribution in [0.15, 0.2) is 48.5 Å². The molecule has 5 rings (SSSR count). The SMILES string of the molecule is O=C(N[C@H]1CCO[C@H]1C(=O)N[C@@H](CC1CC1)C(=O)O)OCC1c2ccccc2-c2ccccc21. The lowest BCUT2D eigenvalue weighted by atomic mass is 9.98. The summed E-state index contributed by atoms with van der Waals surface area (Å²) in [6, 6.07) is 14.7. The fraction of sp³-hybridized carbons (Fsp3) is 0.423. The summed E-state index contributed by atoms with van der Waals surface area (Å²) >= 11 is 0. The Labute approximate surface area is 197 Å².